The highest BCUT2D eigenvalue weighted by Crippen LogP contribution is 2.15. The lowest BCUT2D eigenvalue weighted by Crippen LogP contribution is -2.29. The van der Waals surface area contributed by atoms with Crippen LogP contribution in [0.4, 0.5) is 5.95 Å². The molecule has 0 atom stereocenters. The molecule has 19 heavy (non-hydrogen) atoms. The first-order valence-electron chi connectivity index (χ1n) is 6.51. The fourth-order valence-corrected chi connectivity index (χ4v) is 2.31. The summed E-state index contributed by atoms with van der Waals surface area (Å²) in [6.07, 6.45) is 2.29. The minimum atomic E-state index is 0.805. The number of para-hydroxylation sites is 1. The van der Waals surface area contributed by atoms with Crippen molar-refractivity contribution in [3.63, 3.8) is 0 Å². The minimum Gasteiger partial charge on any atom is -0.339 e. The molecule has 5 nitrogen and oxygen atoms in total. The Bertz CT molecular complexity index is 485. The minimum absolute atomic E-state index is 0.805. The fourth-order valence-electron chi connectivity index (χ4n) is 1.88. The lowest BCUT2D eigenvalue weighted by atomic mass is 10.3. The molecule has 1 aromatic heterocycles. The van der Waals surface area contributed by atoms with Crippen molar-refractivity contribution in [3.05, 3.63) is 30.3 Å². The summed E-state index contributed by atoms with van der Waals surface area (Å²) >= 11 is 3.49. The van der Waals surface area contributed by atoms with E-state index in [0.29, 0.717) is 0 Å². The van der Waals surface area contributed by atoms with Gasteiger partial charge in [0.05, 0.1) is 5.69 Å². The van der Waals surface area contributed by atoms with Gasteiger partial charge in [-0.1, -0.05) is 52.6 Å². The quantitative estimate of drug-likeness (QED) is 0.735. The maximum atomic E-state index is 4.17. The van der Waals surface area contributed by atoms with E-state index >= 15 is 0 Å². The van der Waals surface area contributed by atoms with Gasteiger partial charge in [-0.3, -0.25) is 0 Å². The fraction of sp³-hybridized carbons (Fsp3) is 0.462. The Morgan fingerprint density at radius 2 is 2.00 bits per heavy atom. The van der Waals surface area contributed by atoms with Gasteiger partial charge in [0.1, 0.15) is 0 Å². The Hall–Kier alpha value is -1.43. The predicted molar refractivity (Wildman–Crippen MR) is 80.1 cm³/mol. The summed E-state index contributed by atoms with van der Waals surface area (Å²) in [7, 11) is 0. The van der Waals surface area contributed by atoms with Gasteiger partial charge < -0.3 is 4.90 Å². The van der Waals surface area contributed by atoms with Crippen LogP contribution >= 0.6 is 15.9 Å². The largest absolute Gasteiger partial charge is 0.339 e. The van der Waals surface area contributed by atoms with E-state index in [2.05, 4.69) is 43.3 Å². The average molecular weight is 324 g/mol. The second kappa shape index (κ2) is 7.23. The zero-order valence-corrected chi connectivity index (χ0v) is 12.6. The van der Waals surface area contributed by atoms with Crippen LogP contribution in [0.5, 0.6) is 0 Å². The molecule has 0 radical (unpaired) electrons. The van der Waals surface area contributed by atoms with Crippen LogP contribution in [0.15, 0.2) is 30.3 Å². The molecule has 1 aromatic carbocycles. The molecular weight excluding hydrogens is 306 g/mol. The van der Waals surface area contributed by atoms with Crippen molar-refractivity contribution in [3.8, 4) is 5.69 Å². The number of benzene rings is 1. The van der Waals surface area contributed by atoms with E-state index in [1.54, 1.807) is 4.68 Å². The second-order valence-electron chi connectivity index (χ2n) is 4.26. The lowest BCUT2D eigenvalue weighted by molar-refractivity contribution is 0.701. The third-order valence-corrected chi connectivity index (χ3v) is 3.23. The van der Waals surface area contributed by atoms with Gasteiger partial charge in [0.25, 0.3) is 0 Å². The van der Waals surface area contributed by atoms with Gasteiger partial charge >= 0.3 is 0 Å². The molecule has 1 heterocycles. The Morgan fingerprint density at radius 3 is 2.68 bits per heavy atom. The van der Waals surface area contributed by atoms with E-state index in [9.17, 15) is 0 Å². The van der Waals surface area contributed by atoms with Gasteiger partial charge in [0.2, 0.25) is 5.95 Å². The van der Waals surface area contributed by atoms with Crippen LogP contribution < -0.4 is 4.90 Å². The highest BCUT2D eigenvalue weighted by molar-refractivity contribution is 9.09. The van der Waals surface area contributed by atoms with Crippen LogP contribution in [0.25, 0.3) is 5.69 Å². The maximum absolute atomic E-state index is 4.17. The highest BCUT2D eigenvalue weighted by Gasteiger charge is 2.15. The van der Waals surface area contributed by atoms with Crippen molar-refractivity contribution in [1.82, 2.24) is 20.2 Å². The van der Waals surface area contributed by atoms with E-state index in [0.717, 1.165) is 42.9 Å². The van der Waals surface area contributed by atoms with Crippen LogP contribution in [0.1, 0.15) is 19.8 Å². The lowest BCUT2D eigenvalue weighted by Gasteiger charge is -2.21. The normalized spacial score (nSPS) is 10.6. The molecule has 102 valence electrons. The number of nitrogens with zero attached hydrogens (tertiary/aromatic N) is 5. The van der Waals surface area contributed by atoms with Gasteiger partial charge in [-0.2, -0.15) is 4.68 Å². The first kappa shape index (κ1) is 14.0. The molecule has 0 aliphatic rings. The van der Waals surface area contributed by atoms with Gasteiger partial charge in [-0.25, -0.2) is 0 Å². The SMILES string of the molecule is CCCCN(CCBr)c1nnnn1-c1ccccc1. The van der Waals surface area contributed by atoms with Crippen molar-refractivity contribution in [1.29, 1.82) is 0 Å². The average Bonchev–Trinajstić information content (AvgIpc) is 2.93. The van der Waals surface area contributed by atoms with Crippen molar-refractivity contribution < 1.29 is 0 Å². The van der Waals surface area contributed by atoms with Crippen molar-refractivity contribution in [2.75, 3.05) is 23.3 Å². The predicted octanol–water partition coefficient (Wildman–Crippen LogP) is 2.66. The summed E-state index contributed by atoms with van der Waals surface area (Å²) < 4.78 is 1.79. The molecule has 6 heteroatoms. The van der Waals surface area contributed by atoms with Crippen LogP contribution in [0.2, 0.25) is 0 Å². The number of hydrogen-bond donors (Lipinski definition) is 0. The molecule has 2 rings (SSSR count). The molecule has 0 saturated heterocycles. The number of rotatable bonds is 7. The van der Waals surface area contributed by atoms with E-state index in [1.807, 2.05) is 30.3 Å². The summed E-state index contributed by atoms with van der Waals surface area (Å²) in [5, 5.41) is 13.0. The Kier molecular flexibility index (Phi) is 5.32. The van der Waals surface area contributed by atoms with E-state index in [-0.39, 0.29) is 0 Å². The number of hydrogen-bond acceptors (Lipinski definition) is 4. The molecule has 0 amide bonds. The Morgan fingerprint density at radius 1 is 1.21 bits per heavy atom. The van der Waals surface area contributed by atoms with Gasteiger partial charge in [-0.15, -0.1) is 0 Å². The second-order valence-corrected chi connectivity index (χ2v) is 5.05. The number of anilines is 1. The topological polar surface area (TPSA) is 46.8 Å². The van der Waals surface area contributed by atoms with Gasteiger partial charge in [0, 0.05) is 18.4 Å². The van der Waals surface area contributed by atoms with E-state index in [1.165, 1.54) is 0 Å². The van der Waals surface area contributed by atoms with Crippen LogP contribution in [-0.4, -0.2) is 38.6 Å². The standard InChI is InChI=1S/C13H18BrN5/c1-2-3-10-18(11-9-14)13-15-16-17-19(13)12-7-5-4-6-8-12/h4-8H,2-3,9-11H2,1H3. The third kappa shape index (κ3) is 3.53. The monoisotopic (exact) mass is 323 g/mol. The van der Waals surface area contributed by atoms with Crippen LogP contribution in [-0.2, 0) is 0 Å². The molecule has 0 saturated carbocycles. The van der Waals surface area contributed by atoms with Gasteiger partial charge in [0.15, 0.2) is 0 Å². The molecule has 0 aliphatic carbocycles. The summed E-state index contributed by atoms with van der Waals surface area (Å²) in [5.41, 5.74) is 0.985. The zero-order valence-electron chi connectivity index (χ0n) is 11.0. The molecular formula is C13H18BrN5. The van der Waals surface area contributed by atoms with Crippen LogP contribution in [0.3, 0.4) is 0 Å². The van der Waals surface area contributed by atoms with Crippen molar-refractivity contribution in [2.24, 2.45) is 0 Å². The summed E-state index contributed by atoms with van der Waals surface area (Å²) in [5.74, 6) is 0.805. The maximum Gasteiger partial charge on any atom is 0.250 e. The summed E-state index contributed by atoms with van der Waals surface area (Å²) in [6, 6.07) is 9.97. The molecule has 0 bridgehead atoms. The number of unbranched alkanes of at least 4 members (excludes halogenated alkanes) is 1. The molecule has 0 N–H and O–H groups in total. The highest BCUT2D eigenvalue weighted by atomic mass is 79.9. The van der Waals surface area contributed by atoms with E-state index < -0.39 is 0 Å². The van der Waals surface area contributed by atoms with Crippen molar-refractivity contribution >= 4 is 21.9 Å². The van der Waals surface area contributed by atoms with Crippen molar-refractivity contribution in [2.45, 2.75) is 19.8 Å². The number of alkyl halides is 1. The molecule has 2 aromatic rings. The first-order valence-corrected chi connectivity index (χ1v) is 7.63. The Labute approximate surface area is 121 Å². The first-order chi connectivity index (χ1) is 9.36. The van der Waals surface area contributed by atoms with Gasteiger partial charge in [-0.05, 0) is 29.0 Å². The number of aromatic nitrogens is 4. The molecule has 0 aliphatic heterocycles. The molecule has 0 fully saturated rings. The van der Waals surface area contributed by atoms with Crippen LogP contribution in [0, 0.1) is 0 Å². The zero-order chi connectivity index (χ0) is 13.5. The summed E-state index contributed by atoms with van der Waals surface area (Å²) in [4.78, 5) is 2.21. The molecule has 0 spiro atoms. The third-order valence-electron chi connectivity index (χ3n) is 2.87. The number of halogens is 1. The smallest absolute Gasteiger partial charge is 0.250 e. The van der Waals surface area contributed by atoms with E-state index in [4.69, 9.17) is 0 Å². The number of tetrazole rings is 1. The Balaban J connectivity index is 2.26. The summed E-state index contributed by atoms with van der Waals surface area (Å²) in [6.45, 7) is 4.05. The molecule has 0 unspecified atom stereocenters.